The summed E-state index contributed by atoms with van der Waals surface area (Å²) in [6, 6.07) is 17.5. The van der Waals surface area contributed by atoms with Crippen molar-refractivity contribution < 1.29 is 45.2 Å². The van der Waals surface area contributed by atoms with Gasteiger partial charge < -0.3 is 24.8 Å². The Balaban J connectivity index is 0.000000902. The van der Waals surface area contributed by atoms with Gasteiger partial charge in [0.05, 0.1) is 0 Å². The summed E-state index contributed by atoms with van der Waals surface area (Å²) in [7, 11) is 0. The van der Waals surface area contributed by atoms with E-state index in [2.05, 4.69) is 82.0 Å². The molecular weight excluding hydrogens is 311 g/mol. The smallest absolute Gasteiger partial charge is 1.00 e. The van der Waals surface area contributed by atoms with Crippen LogP contribution in [0.3, 0.4) is 0 Å². The van der Waals surface area contributed by atoms with Crippen LogP contribution in [0.1, 0.15) is 26.5 Å². The fourth-order valence-corrected chi connectivity index (χ4v) is 3.12. The third-order valence-corrected chi connectivity index (χ3v) is 4.29. The number of fused-ring (bicyclic) bond motifs is 1. The van der Waals surface area contributed by atoms with Crippen molar-refractivity contribution in [2.24, 2.45) is 0 Å². The molecule has 0 amide bonds. The number of halogens is 2. The molecule has 0 heterocycles. The summed E-state index contributed by atoms with van der Waals surface area (Å²) in [6.45, 7) is 2.13. The van der Waals surface area contributed by atoms with Crippen LogP contribution in [0, 0.1) is 6.92 Å². The molecule has 0 aromatic heterocycles. The minimum absolute atomic E-state index is 0. The van der Waals surface area contributed by atoms with E-state index < -0.39 is 0 Å². The molecule has 1 aliphatic carbocycles. The largest absolute Gasteiger partial charge is 1.00 e. The molecule has 0 nitrogen and oxygen atoms in total. The summed E-state index contributed by atoms with van der Waals surface area (Å²) in [5.41, 5.74) is 6.92. The monoisotopic (exact) mass is 323 g/mol. The van der Waals surface area contributed by atoms with Crippen LogP contribution in [0.25, 0.3) is 11.6 Å². The maximum absolute atomic E-state index is 2.32. The Bertz CT molecular complexity index is 588. The van der Waals surface area contributed by atoms with Crippen molar-refractivity contribution in [1.82, 2.24) is 0 Å². The van der Waals surface area contributed by atoms with E-state index in [1.165, 1.54) is 27.8 Å². The van der Waals surface area contributed by atoms with Gasteiger partial charge in [-0.05, 0) is 0 Å². The molecular formula is C16H13Cl2Ti. The molecule has 0 fully saturated rings. The zero-order valence-corrected chi connectivity index (χ0v) is 13.6. The first-order chi connectivity index (χ1) is 8.25. The molecule has 0 spiro atoms. The van der Waals surface area contributed by atoms with Crippen LogP contribution in [-0.4, -0.2) is 0 Å². The summed E-state index contributed by atoms with van der Waals surface area (Å²) < 4.78 is 0.508. The second kappa shape index (κ2) is 6.77. The molecule has 2 aromatic rings. The van der Waals surface area contributed by atoms with Gasteiger partial charge in [-0.15, -0.1) is 0 Å². The minimum Gasteiger partial charge on any atom is -1.00 e. The van der Waals surface area contributed by atoms with Crippen LogP contribution in [-0.2, 0) is 20.4 Å². The van der Waals surface area contributed by atoms with E-state index in [0.717, 1.165) is 0 Å². The van der Waals surface area contributed by atoms with Gasteiger partial charge in [-0.3, -0.25) is 0 Å². The van der Waals surface area contributed by atoms with Crippen molar-refractivity contribution in [1.29, 1.82) is 0 Å². The van der Waals surface area contributed by atoms with E-state index in [4.69, 9.17) is 0 Å². The number of hydrogen-bond acceptors (Lipinski definition) is 0. The number of benzene rings is 2. The van der Waals surface area contributed by atoms with Crippen molar-refractivity contribution in [3.63, 3.8) is 0 Å². The summed E-state index contributed by atoms with van der Waals surface area (Å²) >= 11 is 2.29. The van der Waals surface area contributed by atoms with Gasteiger partial charge in [0.2, 0.25) is 0 Å². The molecule has 3 heteroatoms. The third kappa shape index (κ3) is 3.15. The molecule has 0 saturated carbocycles. The van der Waals surface area contributed by atoms with E-state index in [9.17, 15) is 0 Å². The number of hydrogen-bond donors (Lipinski definition) is 0. The normalized spacial score (nSPS) is 15.9. The predicted molar refractivity (Wildman–Crippen MR) is 68.2 cm³/mol. The van der Waals surface area contributed by atoms with Gasteiger partial charge in [-0.1, -0.05) is 0 Å². The maximum Gasteiger partial charge on any atom is -1.00 e. The topological polar surface area (TPSA) is 0 Å². The summed E-state index contributed by atoms with van der Waals surface area (Å²) in [4.78, 5) is 0. The number of rotatable bonds is 1. The van der Waals surface area contributed by atoms with Crippen LogP contribution < -0.4 is 24.8 Å². The molecule has 1 aliphatic rings. The van der Waals surface area contributed by atoms with Gasteiger partial charge >= 0.3 is 114 Å². The Morgan fingerprint density at radius 3 is 2.16 bits per heavy atom. The molecule has 0 radical (unpaired) electrons. The quantitative estimate of drug-likeness (QED) is 0.540. The van der Waals surface area contributed by atoms with E-state index in [0.29, 0.717) is 4.22 Å². The van der Waals surface area contributed by atoms with Gasteiger partial charge in [0.25, 0.3) is 0 Å². The average Bonchev–Trinajstić information content (AvgIpc) is 2.69. The van der Waals surface area contributed by atoms with Crippen LogP contribution in [0.4, 0.5) is 0 Å². The zero-order valence-electron chi connectivity index (χ0n) is 10.5. The van der Waals surface area contributed by atoms with E-state index >= 15 is 0 Å². The van der Waals surface area contributed by atoms with Crippen molar-refractivity contribution >= 4 is 11.6 Å². The second-order valence-electron chi connectivity index (χ2n) is 4.53. The van der Waals surface area contributed by atoms with Crippen molar-refractivity contribution in [2.75, 3.05) is 0 Å². The molecule has 0 bridgehead atoms. The maximum atomic E-state index is 2.32. The summed E-state index contributed by atoms with van der Waals surface area (Å²) in [5.74, 6) is 0. The van der Waals surface area contributed by atoms with Crippen molar-refractivity contribution in [2.45, 2.75) is 11.1 Å². The van der Waals surface area contributed by atoms with Gasteiger partial charge in [0.15, 0.2) is 0 Å². The summed E-state index contributed by atoms with van der Waals surface area (Å²) in [5, 5.41) is 0. The molecule has 0 saturated heterocycles. The van der Waals surface area contributed by atoms with Crippen LogP contribution >= 0.6 is 0 Å². The molecule has 1 unspecified atom stereocenters. The van der Waals surface area contributed by atoms with Crippen LogP contribution in [0.2, 0.25) is 0 Å². The Kier molecular flexibility index (Phi) is 5.89. The van der Waals surface area contributed by atoms with E-state index in [1.54, 1.807) is 0 Å². The predicted octanol–water partition coefficient (Wildman–Crippen LogP) is -1.85. The molecule has 95 valence electrons. The van der Waals surface area contributed by atoms with Crippen LogP contribution in [0.5, 0.6) is 0 Å². The fourth-order valence-electron chi connectivity index (χ4n) is 2.32. The standard InChI is InChI=1S/C16H13.2ClH.Ti/c1-12-6-8-13(9-7-12)16-10-14-4-2-3-5-15(14)11-16;;;/h2-11H,1H3;2*1H;/q;;;+2/p-2. The Morgan fingerprint density at radius 1 is 0.895 bits per heavy atom. The van der Waals surface area contributed by atoms with Gasteiger partial charge in [0.1, 0.15) is 0 Å². The van der Waals surface area contributed by atoms with Gasteiger partial charge in [0, 0.05) is 0 Å². The number of allylic oxidation sites excluding steroid dienone is 1. The first kappa shape index (κ1) is 16.5. The Labute approximate surface area is 138 Å². The molecule has 0 N–H and O–H groups in total. The number of aryl methyl sites for hydroxylation is 1. The molecule has 1 atom stereocenters. The molecule has 3 rings (SSSR count). The molecule has 0 aliphatic heterocycles. The summed E-state index contributed by atoms with van der Waals surface area (Å²) in [6.07, 6.45) is 2.32. The Hall–Kier alpha value is -0.526. The SMILES string of the molecule is Cc1ccc(C2=Cc3ccccc3[CH]2[Ti+2])cc1.[Cl-].[Cl-]. The second-order valence-corrected chi connectivity index (χ2v) is 5.43. The molecule has 2 aromatic carbocycles. The van der Waals surface area contributed by atoms with Crippen molar-refractivity contribution in [3.8, 4) is 0 Å². The minimum atomic E-state index is 0. The molecule has 19 heavy (non-hydrogen) atoms. The Morgan fingerprint density at radius 2 is 1.53 bits per heavy atom. The van der Waals surface area contributed by atoms with Gasteiger partial charge in [-0.25, -0.2) is 0 Å². The van der Waals surface area contributed by atoms with Gasteiger partial charge in [-0.2, -0.15) is 0 Å². The first-order valence-corrected chi connectivity index (χ1v) is 6.74. The van der Waals surface area contributed by atoms with Crippen LogP contribution in [0.15, 0.2) is 48.5 Å². The van der Waals surface area contributed by atoms with Crippen molar-refractivity contribution in [3.05, 3.63) is 70.8 Å². The fraction of sp³-hybridized carbons (Fsp3) is 0.125. The van der Waals surface area contributed by atoms with E-state index in [-0.39, 0.29) is 24.8 Å². The average molecular weight is 324 g/mol. The zero-order chi connectivity index (χ0) is 11.8. The third-order valence-electron chi connectivity index (χ3n) is 3.31. The van der Waals surface area contributed by atoms with E-state index in [1.807, 2.05) is 0 Å². The first-order valence-electron chi connectivity index (χ1n) is 5.84.